The van der Waals surface area contributed by atoms with Crippen LogP contribution in [-0.4, -0.2) is 0 Å². The van der Waals surface area contributed by atoms with Crippen molar-refractivity contribution in [2.24, 2.45) is 0 Å². The van der Waals surface area contributed by atoms with E-state index in [1.165, 1.54) is 12.1 Å². The van der Waals surface area contributed by atoms with Crippen LogP contribution in [0, 0.1) is 17.1 Å². The Hall–Kier alpha value is -2.07. The van der Waals surface area contributed by atoms with Crippen molar-refractivity contribution < 1.29 is 22.3 Å². The fourth-order valence-corrected chi connectivity index (χ4v) is 1.88. The molecular formula is C14H6BrF4NO. The summed E-state index contributed by atoms with van der Waals surface area (Å²) >= 11 is 3.13. The molecule has 21 heavy (non-hydrogen) atoms. The van der Waals surface area contributed by atoms with Crippen LogP contribution in [0.5, 0.6) is 11.5 Å². The number of alkyl halides is 3. The molecule has 0 unspecified atom stereocenters. The van der Waals surface area contributed by atoms with Gasteiger partial charge in [0.15, 0.2) is 0 Å². The van der Waals surface area contributed by atoms with Gasteiger partial charge < -0.3 is 4.74 Å². The second kappa shape index (κ2) is 5.74. The molecule has 108 valence electrons. The van der Waals surface area contributed by atoms with E-state index in [2.05, 4.69) is 15.9 Å². The maximum absolute atomic E-state index is 13.1. The van der Waals surface area contributed by atoms with E-state index in [4.69, 9.17) is 10.00 Å². The van der Waals surface area contributed by atoms with Crippen molar-refractivity contribution in [3.63, 3.8) is 0 Å². The van der Waals surface area contributed by atoms with E-state index in [-0.39, 0.29) is 17.1 Å². The molecule has 0 amide bonds. The first kappa shape index (κ1) is 15.3. The quantitative estimate of drug-likeness (QED) is 0.684. The Morgan fingerprint density at radius 1 is 1.05 bits per heavy atom. The second-order valence-electron chi connectivity index (χ2n) is 4.00. The Kier molecular flexibility index (Phi) is 4.19. The fraction of sp³-hybridized carbons (Fsp3) is 0.0714. The molecule has 0 saturated carbocycles. The number of hydrogen-bond donors (Lipinski definition) is 0. The van der Waals surface area contributed by atoms with Gasteiger partial charge in [0.2, 0.25) is 0 Å². The summed E-state index contributed by atoms with van der Waals surface area (Å²) in [5.74, 6) is -0.596. The van der Waals surface area contributed by atoms with Gasteiger partial charge in [-0.1, -0.05) is 0 Å². The first-order chi connectivity index (χ1) is 9.81. The summed E-state index contributed by atoms with van der Waals surface area (Å²) in [7, 11) is 0. The summed E-state index contributed by atoms with van der Waals surface area (Å²) in [4.78, 5) is 0. The van der Waals surface area contributed by atoms with Crippen LogP contribution in [0.2, 0.25) is 0 Å². The molecule has 0 aliphatic heterocycles. The van der Waals surface area contributed by atoms with Crippen molar-refractivity contribution in [3.05, 3.63) is 57.8 Å². The molecule has 0 aliphatic carbocycles. The highest BCUT2D eigenvalue weighted by atomic mass is 79.9. The lowest BCUT2D eigenvalue weighted by molar-refractivity contribution is -0.137. The van der Waals surface area contributed by atoms with Gasteiger partial charge in [0.1, 0.15) is 23.4 Å². The summed E-state index contributed by atoms with van der Waals surface area (Å²) in [5.41, 5.74) is -1.24. The predicted molar refractivity (Wildman–Crippen MR) is 70.3 cm³/mol. The lowest BCUT2D eigenvalue weighted by atomic mass is 10.1. The Bertz CT molecular complexity index is 722. The van der Waals surface area contributed by atoms with Crippen LogP contribution in [0.1, 0.15) is 11.1 Å². The first-order valence-electron chi connectivity index (χ1n) is 5.55. The van der Waals surface area contributed by atoms with Crippen molar-refractivity contribution in [3.8, 4) is 17.6 Å². The highest BCUT2D eigenvalue weighted by molar-refractivity contribution is 9.10. The van der Waals surface area contributed by atoms with E-state index in [0.717, 1.165) is 18.2 Å². The fourth-order valence-electron chi connectivity index (χ4n) is 1.56. The minimum atomic E-state index is -4.55. The van der Waals surface area contributed by atoms with Crippen LogP contribution >= 0.6 is 15.9 Å². The van der Waals surface area contributed by atoms with Crippen molar-refractivity contribution in [2.45, 2.75) is 6.18 Å². The average Bonchev–Trinajstić information content (AvgIpc) is 2.42. The summed E-state index contributed by atoms with van der Waals surface area (Å²) in [6.45, 7) is 0. The van der Waals surface area contributed by atoms with Gasteiger partial charge in [0, 0.05) is 6.07 Å². The molecule has 0 bridgehead atoms. The molecule has 0 radical (unpaired) electrons. The minimum absolute atomic E-state index is 0.0614. The number of ether oxygens (including phenoxy) is 1. The molecular weight excluding hydrogens is 354 g/mol. The van der Waals surface area contributed by atoms with Gasteiger partial charge in [-0.2, -0.15) is 18.4 Å². The predicted octanol–water partition coefficient (Wildman–Crippen LogP) is 5.27. The van der Waals surface area contributed by atoms with Crippen LogP contribution in [0.25, 0.3) is 0 Å². The Morgan fingerprint density at radius 3 is 2.38 bits per heavy atom. The lowest BCUT2D eigenvalue weighted by Crippen LogP contribution is -2.05. The maximum Gasteiger partial charge on any atom is 0.416 e. The van der Waals surface area contributed by atoms with Gasteiger partial charge in [-0.15, -0.1) is 0 Å². The van der Waals surface area contributed by atoms with Gasteiger partial charge in [-0.05, 0) is 46.3 Å². The van der Waals surface area contributed by atoms with Crippen molar-refractivity contribution in [2.75, 3.05) is 0 Å². The third-order valence-corrected chi connectivity index (χ3v) is 3.20. The Morgan fingerprint density at radius 2 is 1.76 bits per heavy atom. The monoisotopic (exact) mass is 359 g/mol. The van der Waals surface area contributed by atoms with Crippen molar-refractivity contribution >= 4 is 15.9 Å². The number of nitriles is 1. The molecule has 0 aromatic heterocycles. The van der Waals surface area contributed by atoms with Crippen LogP contribution in [0.3, 0.4) is 0 Å². The SMILES string of the molecule is N#Cc1cc(C(F)(F)F)ccc1Oc1cc(F)ccc1Br. The number of halogens is 5. The van der Waals surface area contributed by atoms with Crippen LogP contribution < -0.4 is 4.74 Å². The maximum atomic E-state index is 13.1. The molecule has 7 heteroatoms. The third-order valence-electron chi connectivity index (χ3n) is 2.54. The van der Waals surface area contributed by atoms with Gasteiger partial charge in [-0.25, -0.2) is 4.39 Å². The molecule has 2 aromatic carbocycles. The van der Waals surface area contributed by atoms with E-state index in [0.29, 0.717) is 10.5 Å². The van der Waals surface area contributed by atoms with Crippen LogP contribution in [0.15, 0.2) is 40.9 Å². The van der Waals surface area contributed by atoms with Crippen LogP contribution in [-0.2, 0) is 6.18 Å². The number of nitrogens with zero attached hydrogens (tertiary/aromatic N) is 1. The minimum Gasteiger partial charge on any atom is -0.455 e. The van der Waals surface area contributed by atoms with E-state index in [1.54, 1.807) is 6.07 Å². The molecule has 0 N–H and O–H groups in total. The Balaban J connectivity index is 2.41. The molecule has 0 fully saturated rings. The van der Waals surface area contributed by atoms with Gasteiger partial charge in [0.25, 0.3) is 0 Å². The molecule has 0 saturated heterocycles. The highest BCUT2D eigenvalue weighted by Crippen LogP contribution is 2.35. The van der Waals surface area contributed by atoms with Gasteiger partial charge >= 0.3 is 6.18 Å². The zero-order chi connectivity index (χ0) is 15.6. The van der Waals surface area contributed by atoms with E-state index < -0.39 is 17.6 Å². The smallest absolute Gasteiger partial charge is 0.416 e. The molecule has 0 atom stereocenters. The van der Waals surface area contributed by atoms with Crippen molar-refractivity contribution in [1.29, 1.82) is 5.26 Å². The molecule has 2 rings (SSSR count). The highest BCUT2D eigenvalue weighted by Gasteiger charge is 2.31. The summed E-state index contributed by atoms with van der Waals surface area (Å²) in [6, 6.07) is 7.77. The number of hydrogen-bond acceptors (Lipinski definition) is 2. The first-order valence-corrected chi connectivity index (χ1v) is 6.35. The number of rotatable bonds is 2. The lowest BCUT2D eigenvalue weighted by Gasteiger charge is -2.12. The number of benzene rings is 2. The Labute approximate surface area is 125 Å². The standard InChI is InChI=1S/C14H6BrF4NO/c15-11-3-2-10(16)6-13(11)21-12-4-1-9(14(17,18)19)5-8(12)7-20/h1-6H. The summed E-state index contributed by atoms with van der Waals surface area (Å²) < 4.78 is 56.6. The molecule has 0 aliphatic rings. The topological polar surface area (TPSA) is 33.0 Å². The van der Waals surface area contributed by atoms with E-state index in [1.807, 2.05) is 0 Å². The summed E-state index contributed by atoms with van der Waals surface area (Å²) in [6.07, 6.45) is -4.55. The van der Waals surface area contributed by atoms with Crippen molar-refractivity contribution in [1.82, 2.24) is 0 Å². The zero-order valence-electron chi connectivity index (χ0n) is 10.2. The van der Waals surface area contributed by atoms with E-state index >= 15 is 0 Å². The third kappa shape index (κ3) is 3.52. The van der Waals surface area contributed by atoms with Gasteiger partial charge in [-0.3, -0.25) is 0 Å². The van der Waals surface area contributed by atoms with E-state index in [9.17, 15) is 17.6 Å². The molecule has 0 spiro atoms. The largest absolute Gasteiger partial charge is 0.455 e. The molecule has 2 nitrogen and oxygen atoms in total. The normalized spacial score (nSPS) is 11.0. The molecule has 0 heterocycles. The molecule has 2 aromatic rings. The average molecular weight is 360 g/mol. The summed E-state index contributed by atoms with van der Waals surface area (Å²) in [5, 5.41) is 8.93. The van der Waals surface area contributed by atoms with Gasteiger partial charge in [0.05, 0.1) is 15.6 Å². The van der Waals surface area contributed by atoms with Crippen LogP contribution in [0.4, 0.5) is 17.6 Å². The second-order valence-corrected chi connectivity index (χ2v) is 4.85. The zero-order valence-corrected chi connectivity index (χ0v) is 11.8.